The van der Waals surface area contributed by atoms with E-state index in [1.165, 1.54) is 7.11 Å². The summed E-state index contributed by atoms with van der Waals surface area (Å²) in [7, 11) is 1.44. The summed E-state index contributed by atoms with van der Waals surface area (Å²) >= 11 is 0. The molecule has 1 N–H and O–H groups in total. The van der Waals surface area contributed by atoms with Gasteiger partial charge in [-0.1, -0.05) is 13.8 Å². The fourth-order valence-corrected chi connectivity index (χ4v) is 2.22. The van der Waals surface area contributed by atoms with E-state index in [1.807, 2.05) is 0 Å². The van der Waals surface area contributed by atoms with Crippen molar-refractivity contribution in [3.63, 3.8) is 0 Å². The van der Waals surface area contributed by atoms with Gasteiger partial charge < -0.3 is 9.84 Å². The molecule has 0 aromatic rings. The molecule has 4 nitrogen and oxygen atoms in total. The van der Waals surface area contributed by atoms with Crippen LogP contribution in [0.3, 0.4) is 0 Å². The van der Waals surface area contributed by atoms with Crippen LogP contribution in [-0.2, 0) is 9.53 Å². The average molecular weight is 229 g/mol. The van der Waals surface area contributed by atoms with Crippen molar-refractivity contribution < 1.29 is 14.6 Å². The van der Waals surface area contributed by atoms with Gasteiger partial charge in [0, 0.05) is 19.7 Å². The molecular formula is C12H23NO3. The number of aliphatic hydroxyl groups is 1. The van der Waals surface area contributed by atoms with Crippen LogP contribution in [0.25, 0.3) is 0 Å². The summed E-state index contributed by atoms with van der Waals surface area (Å²) in [5.74, 6) is -0.121. The molecule has 1 fully saturated rings. The molecule has 4 heteroatoms. The molecule has 1 aliphatic heterocycles. The Morgan fingerprint density at radius 3 is 2.69 bits per heavy atom. The largest absolute Gasteiger partial charge is 0.468 e. The lowest BCUT2D eigenvalue weighted by Gasteiger charge is -2.43. The molecule has 1 aliphatic rings. The summed E-state index contributed by atoms with van der Waals surface area (Å²) in [4.78, 5) is 13.6. The summed E-state index contributed by atoms with van der Waals surface area (Å²) < 4.78 is 4.76. The number of likely N-dealkylation sites (tertiary alicyclic amines) is 1. The lowest BCUT2D eigenvalue weighted by atomic mass is 9.85. The molecule has 1 unspecified atom stereocenters. The second kappa shape index (κ2) is 5.64. The van der Waals surface area contributed by atoms with Gasteiger partial charge in [-0.2, -0.15) is 0 Å². The molecule has 0 amide bonds. The lowest BCUT2D eigenvalue weighted by Crippen LogP contribution is -2.55. The molecule has 1 rings (SSSR count). The van der Waals surface area contributed by atoms with E-state index in [2.05, 4.69) is 18.7 Å². The monoisotopic (exact) mass is 229 g/mol. The molecule has 1 atom stereocenters. The van der Waals surface area contributed by atoms with E-state index in [-0.39, 0.29) is 24.0 Å². The first kappa shape index (κ1) is 13.5. The smallest absolute Gasteiger partial charge is 0.323 e. The number of carbonyl (C=O) groups excluding carboxylic acids is 1. The van der Waals surface area contributed by atoms with E-state index >= 15 is 0 Å². The highest BCUT2D eigenvalue weighted by Crippen LogP contribution is 2.29. The van der Waals surface area contributed by atoms with Gasteiger partial charge in [-0.25, -0.2) is 0 Å². The van der Waals surface area contributed by atoms with Gasteiger partial charge in [0.05, 0.1) is 7.11 Å². The topological polar surface area (TPSA) is 49.8 Å². The number of methoxy groups -OCH3 is 1. The molecule has 0 bridgehead atoms. The van der Waals surface area contributed by atoms with Crippen molar-refractivity contribution in [1.29, 1.82) is 0 Å². The Labute approximate surface area is 97.6 Å². The molecule has 0 saturated carbocycles. The maximum absolute atomic E-state index is 11.4. The Bertz CT molecular complexity index is 240. The van der Waals surface area contributed by atoms with Gasteiger partial charge in [0.1, 0.15) is 6.04 Å². The van der Waals surface area contributed by atoms with Crippen molar-refractivity contribution in [2.45, 2.75) is 39.2 Å². The zero-order chi connectivity index (χ0) is 12.2. The maximum Gasteiger partial charge on any atom is 0.323 e. The maximum atomic E-state index is 11.4. The standard InChI is InChI=1S/C12H23NO3/c1-12(2,6-4-8-14)9-13-7-5-10(13)11(15)16-3/h10,14H,4-9H2,1-3H3. The molecular weight excluding hydrogens is 206 g/mol. The van der Waals surface area contributed by atoms with E-state index < -0.39 is 0 Å². The lowest BCUT2D eigenvalue weighted by molar-refractivity contribution is -0.152. The van der Waals surface area contributed by atoms with Gasteiger partial charge in [-0.3, -0.25) is 9.69 Å². The van der Waals surface area contributed by atoms with E-state index in [1.54, 1.807) is 0 Å². The van der Waals surface area contributed by atoms with Crippen LogP contribution in [0.15, 0.2) is 0 Å². The van der Waals surface area contributed by atoms with Gasteiger partial charge in [0.25, 0.3) is 0 Å². The van der Waals surface area contributed by atoms with Gasteiger partial charge in [-0.05, 0) is 24.7 Å². The van der Waals surface area contributed by atoms with E-state index in [9.17, 15) is 4.79 Å². The second-order valence-corrected chi connectivity index (χ2v) is 5.29. The number of carbonyl (C=O) groups is 1. The highest BCUT2D eigenvalue weighted by Gasteiger charge is 2.37. The second-order valence-electron chi connectivity index (χ2n) is 5.29. The van der Waals surface area contributed by atoms with Crippen molar-refractivity contribution in [2.24, 2.45) is 5.41 Å². The molecule has 0 aliphatic carbocycles. The summed E-state index contributed by atoms with van der Waals surface area (Å²) in [6.07, 6.45) is 2.71. The SMILES string of the molecule is COC(=O)C1CCN1CC(C)(C)CCCO. The number of esters is 1. The summed E-state index contributed by atoms with van der Waals surface area (Å²) in [6.45, 7) is 6.46. The first-order valence-electron chi connectivity index (χ1n) is 5.93. The molecule has 1 saturated heterocycles. The molecule has 0 aromatic carbocycles. The predicted octanol–water partition coefficient (Wildman–Crippen LogP) is 1.03. The highest BCUT2D eigenvalue weighted by molar-refractivity contribution is 5.76. The van der Waals surface area contributed by atoms with Gasteiger partial charge in [-0.15, -0.1) is 0 Å². The van der Waals surface area contributed by atoms with Crippen LogP contribution in [0.2, 0.25) is 0 Å². The van der Waals surface area contributed by atoms with Crippen LogP contribution < -0.4 is 0 Å². The van der Waals surface area contributed by atoms with E-state index in [4.69, 9.17) is 9.84 Å². The van der Waals surface area contributed by atoms with Crippen molar-refractivity contribution in [3.8, 4) is 0 Å². The summed E-state index contributed by atoms with van der Waals surface area (Å²) in [6, 6.07) is -0.0431. The zero-order valence-corrected chi connectivity index (χ0v) is 10.5. The Morgan fingerprint density at radius 1 is 1.56 bits per heavy atom. The number of aliphatic hydroxyl groups excluding tert-OH is 1. The van der Waals surface area contributed by atoms with E-state index in [0.29, 0.717) is 0 Å². The third kappa shape index (κ3) is 3.46. The van der Waals surface area contributed by atoms with Gasteiger partial charge in [0.2, 0.25) is 0 Å². The van der Waals surface area contributed by atoms with Gasteiger partial charge in [0.15, 0.2) is 0 Å². The third-order valence-corrected chi connectivity index (χ3v) is 3.25. The average Bonchev–Trinajstić information content (AvgIpc) is 2.21. The minimum absolute atomic E-state index is 0.0431. The number of ether oxygens (including phenoxy) is 1. The zero-order valence-electron chi connectivity index (χ0n) is 10.5. The third-order valence-electron chi connectivity index (χ3n) is 3.25. The fourth-order valence-electron chi connectivity index (χ4n) is 2.22. The molecule has 94 valence electrons. The molecule has 16 heavy (non-hydrogen) atoms. The highest BCUT2D eigenvalue weighted by atomic mass is 16.5. The molecule has 0 radical (unpaired) electrons. The molecule has 0 spiro atoms. The van der Waals surface area contributed by atoms with Gasteiger partial charge >= 0.3 is 5.97 Å². The predicted molar refractivity (Wildman–Crippen MR) is 62.1 cm³/mol. The van der Waals surface area contributed by atoms with Crippen molar-refractivity contribution >= 4 is 5.97 Å². The van der Waals surface area contributed by atoms with Crippen molar-refractivity contribution in [2.75, 3.05) is 26.8 Å². The number of hydrogen-bond acceptors (Lipinski definition) is 4. The molecule has 1 heterocycles. The first-order chi connectivity index (χ1) is 7.50. The Kier molecular flexibility index (Phi) is 4.74. The fraction of sp³-hybridized carbons (Fsp3) is 0.917. The summed E-state index contributed by atoms with van der Waals surface area (Å²) in [5.41, 5.74) is 0.148. The quantitative estimate of drug-likeness (QED) is 0.691. The number of nitrogens with zero attached hydrogens (tertiary/aromatic N) is 1. The first-order valence-corrected chi connectivity index (χ1v) is 5.93. The van der Waals surface area contributed by atoms with Crippen LogP contribution in [-0.4, -0.2) is 48.8 Å². The summed E-state index contributed by atoms with van der Waals surface area (Å²) in [5, 5.41) is 8.83. The van der Waals surface area contributed by atoms with E-state index in [0.717, 1.165) is 32.4 Å². The Balaban J connectivity index is 2.39. The minimum Gasteiger partial charge on any atom is -0.468 e. The van der Waals surface area contributed by atoms with Crippen LogP contribution in [0.5, 0.6) is 0 Å². The van der Waals surface area contributed by atoms with Crippen LogP contribution >= 0.6 is 0 Å². The van der Waals surface area contributed by atoms with Crippen LogP contribution in [0.4, 0.5) is 0 Å². The van der Waals surface area contributed by atoms with Crippen LogP contribution in [0.1, 0.15) is 33.1 Å². The van der Waals surface area contributed by atoms with Crippen LogP contribution in [0, 0.1) is 5.41 Å². The number of hydrogen-bond donors (Lipinski definition) is 1. The normalized spacial score (nSPS) is 21.6. The molecule has 0 aromatic heterocycles. The minimum atomic E-state index is -0.121. The van der Waals surface area contributed by atoms with Crippen molar-refractivity contribution in [3.05, 3.63) is 0 Å². The van der Waals surface area contributed by atoms with Crippen molar-refractivity contribution in [1.82, 2.24) is 4.90 Å². The number of rotatable bonds is 6. The Morgan fingerprint density at radius 2 is 2.25 bits per heavy atom. The Hall–Kier alpha value is -0.610.